The van der Waals surface area contributed by atoms with Gasteiger partial charge in [0.2, 0.25) is 5.95 Å². The maximum atomic E-state index is 13.0. The molecule has 1 aromatic heterocycles. The Morgan fingerprint density at radius 2 is 1.64 bits per heavy atom. The van der Waals surface area contributed by atoms with Crippen molar-refractivity contribution in [2.75, 3.05) is 5.32 Å². The van der Waals surface area contributed by atoms with Crippen LogP contribution in [0.4, 0.5) is 24.8 Å². The number of alkyl halides is 3. The standard InChI is InChI=1S/C26H28F3N3O/c1-17-14-19(16-22(15-17)31-24-30-13-12-23(32-24)26(27,28)29)18-8-10-21(11-9-18)25(2,33)20-6-4-3-5-7-20/h8-16,20,33H,3-7H2,1-2H3,(H,30,31,32)/t25-/m0/s1. The zero-order valence-electron chi connectivity index (χ0n) is 18.8. The molecule has 2 aromatic carbocycles. The van der Waals surface area contributed by atoms with E-state index in [4.69, 9.17) is 0 Å². The summed E-state index contributed by atoms with van der Waals surface area (Å²) in [5.41, 5.74) is 2.46. The van der Waals surface area contributed by atoms with E-state index in [0.29, 0.717) is 5.69 Å². The van der Waals surface area contributed by atoms with Gasteiger partial charge in [-0.25, -0.2) is 9.97 Å². The molecule has 7 heteroatoms. The molecular weight excluding hydrogens is 427 g/mol. The van der Waals surface area contributed by atoms with Gasteiger partial charge in [-0.1, -0.05) is 49.6 Å². The normalized spacial score (nSPS) is 16.9. The molecule has 0 amide bonds. The molecule has 0 saturated heterocycles. The van der Waals surface area contributed by atoms with Gasteiger partial charge in [-0.05, 0) is 73.1 Å². The van der Waals surface area contributed by atoms with Crippen molar-refractivity contribution < 1.29 is 18.3 Å². The van der Waals surface area contributed by atoms with Crippen molar-refractivity contribution in [3.63, 3.8) is 0 Å². The lowest BCUT2D eigenvalue weighted by molar-refractivity contribution is -0.141. The van der Waals surface area contributed by atoms with Crippen molar-refractivity contribution in [1.29, 1.82) is 0 Å². The Labute approximate surface area is 191 Å². The first kappa shape index (κ1) is 23.2. The third kappa shape index (κ3) is 5.36. The first-order valence-corrected chi connectivity index (χ1v) is 11.3. The fourth-order valence-corrected chi connectivity index (χ4v) is 4.63. The number of aryl methyl sites for hydroxylation is 1. The molecule has 0 aliphatic heterocycles. The Bertz CT molecular complexity index is 1100. The minimum atomic E-state index is -4.53. The molecule has 1 atom stereocenters. The van der Waals surface area contributed by atoms with Gasteiger partial charge in [0.1, 0.15) is 5.69 Å². The van der Waals surface area contributed by atoms with Crippen LogP contribution in [0.5, 0.6) is 0 Å². The summed E-state index contributed by atoms with van der Waals surface area (Å²) < 4.78 is 38.9. The molecule has 1 fully saturated rings. The highest BCUT2D eigenvalue weighted by Crippen LogP contribution is 2.39. The number of aliphatic hydroxyl groups is 1. The van der Waals surface area contributed by atoms with E-state index in [9.17, 15) is 18.3 Å². The second-order valence-electron chi connectivity index (χ2n) is 9.04. The largest absolute Gasteiger partial charge is 0.433 e. The Balaban J connectivity index is 1.57. The van der Waals surface area contributed by atoms with Crippen LogP contribution >= 0.6 is 0 Å². The molecule has 0 unspecified atom stereocenters. The molecule has 1 aliphatic rings. The molecule has 0 radical (unpaired) electrons. The van der Waals surface area contributed by atoms with Gasteiger partial charge in [0.05, 0.1) is 5.60 Å². The fourth-order valence-electron chi connectivity index (χ4n) is 4.63. The maximum absolute atomic E-state index is 13.0. The first-order valence-electron chi connectivity index (χ1n) is 11.3. The van der Waals surface area contributed by atoms with Crippen LogP contribution in [0, 0.1) is 12.8 Å². The molecule has 1 heterocycles. The van der Waals surface area contributed by atoms with Gasteiger partial charge in [0, 0.05) is 11.9 Å². The van der Waals surface area contributed by atoms with E-state index < -0.39 is 17.5 Å². The molecule has 1 saturated carbocycles. The number of halogens is 3. The quantitative estimate of drug-likeness (QED) is 0.435. The monoisotopic (exact) mass is 455 g/mol. The third-order valence-corrected chi connectivity index (χ3v) is 6.48. The van der Waals surface area contributed by atoms with Gasteiger partial charge in [-0.2, -0.15) is 13.2 Å². The minimum Gasteiger partial charge on any atom is -0.385 e. The lowest BCUT2D eigenvalue weighted by Crippen LogP contribution is -2.33. The number of benzene rings is 2. The van der Waals surface area contributed by atoms with Crippen molar-refractivity contribution in [1.82, 2.24) is 9.97 Å². The number of nitrogens with one attached hydrogen (secondary N) is 1. The molecule has 174 valence electrons. The molecule has 0 spiro atoms. The van der Waals surface area contributed by atoms with Crippen molar-refractivity contribution in [3.8, 4) is 11.1 Å². The minimum absolute atomic E-state index is 0.111. The number of rotatable bonds is 5. The summed E-state index contributed by atoms with van der Waals surface area (Å²) in [6, 6.07) is 14.4. The summed E-state index contributed by atoms with van der Waals surface area (Å²) in [5, 5.41) is 14.1. The predicted molar refractivity (Wildman–Crippen MR) is 123 cm³/mol. The molecule has 4 nitrogen and oxygen atoms in total. The number of hydrogen-bond donors (Lipinski definition) is 2. The predicted octanol–water partition coefficient (Wildman–Crippen LogP) is 7.00. The van der Waals surface area contributed by atoms with Crippen LogP contribution < -0.4 is 5.32 Å². The maximum Gasteiger partial charge on any atom is 0.433 e. The summed E-state index contributed by atoms with van der Waals surface area (Å²) in [4.78, 5) is 7.49. The SMILES string of the molecule is Cc1cc(Nc2nccc(C(F)(F)F)n2)cc(-c2ccc([C@@](C)(O)C3CCCCC3)cc2)c1. The lowest BCUT2D eigenvalue weighted by Gasteiger charge is -2.36. The highest BCUT2D eigenvalue weighted by Gasteiger charge is 2.34. The Hall–Kier alpha value is -2.93. The van der Waals surface area contributed by atoms with Crippen LogP contribution in [0.3, 0.4) is 0 Å². The van der Waals surface area contributed by atoms with Crippen LogP contribution in [0.2, 0.25) is 0 Å². The van der Waals surface area contributed by atoms with E-state index >= 15 is 0 Å². The summed E-state index contributed by atoms with van der Waals surface area (Å²) in [5.74, 6) is 0.152. The number of anilines is 2. The van der Waals surface area contributed by atoms with Gasteiger partial charge < -0.3 is 10.4 Å². The molecule has 0 bridgehead atoms. The average Bonchev–Trinajstić information content (AvgIpc) is 2.79. The molecule has 1 aliphatic carbocycles. The summed E-state index contributed by atoms with van der Waals surface area (Å²) in [6.07, 6.45) is 2.20. The van der Waals surface area contributed by atoms with Gasteiger partial charge in [0.15, 0.2) is 0 Å². The van der Waals surface area contributed by atoms with E-state index in [2.05, 4.69) is 15.3 Å². The smallest absolute Gasteiger partial charge is 0.385 e. The topological polar surface area (TPSA) is 58.0 Å². The van der Waals surface area contributed by atoms with Crippen LogP contribution in [0.25, 0.3) is 11.1 Å². The molecule has 3 aromatic rings. The highest BCUT2D eigenvalue weighted by atomic mass is 19.4. The van der Waals surface area contributed by atoms with Crippen molar-refractivity contribution >= 4 is 11.6 Å². The zero-order chi connectivity index (χ0) is 23.6. The molecule has 2 N–H and O–H groups in total. The fraction of sp³-hybridized carbons (Fsp3) is 0.385. The summed E-state index contributed by atoms with van der Waals surface area (Å²) >= 11 is 0. The number of hydrogen-bond acceptors (Lipinski definition) is 4. The first-order chi connectivity index (χ1) is 15.6. The summed E-state index contributed by atoms with van der Waals surface area (Å²) in [7, 11) is 0. The Morgan fingerprint density at radius 1 is 0.939 bits per heavy atom. The third-order valence-electron chi connectivity index (χ3n) is 6.48. The van der Waals surface area contributed by atoms with Crippen molar-refractivity contribution in [2.24, 2.45) is 5.92 Å². The van der Waals surface area contributed by atoms with Crippen LogP contribution in [-0.2, 0) is 11.8 Å². The van der Waals surface area contributed by atoms with Gasteiger partial charge in [-0.3, -0.25) is 0 Å². The zero-order valence-corrected chi connectivity index (χ0v) is 18.8. The van der Waals surface area contributed by atoms with E-state index in [-0.39, 0.29) is 11.9 Å². The Kier molecular flexibility index (Phi) is 6.43. The second kappa shape index (κ2) is 9.14. The average molecular weight is 456 g/mol. The van der Waals surface area contributed by atoms with Crippen LogP contribution in [0.15, 0.2) is 54.7 Å². The van der Waals surface area contributed by atoms with Crippen LogP contribution in [0.1, 0.15) is 55.8 Å². The van der Waals surface area contributed by atoms with Gasteiger partial charge in [-0.15, -0.1) is 0 Å². The van der Waals surface area contributed by atoms with Crippen LogP contribution in [-0.4, -0.2) is 15.1 Å². The summed E-state index contributed by atoms with van der Waals surface area (Å²) in [6.45, 7) is 3.83. The molecular formula is C26H28F3N3O. The number of nitrogens with zero attached hydrogens (tertiary/aromatic N) is 2. The van der Waals surface area contributed by atoms with E-state index in [0.717, 1.165) is 60.2 Å². The van der Waals surface area contributed by atoms with E-state index in [1.807, 2.05) is 56.3 Å². The molecule has 33 heavy (non-hydrogen) atoms. The van der Waals surface area contributed by atoms with Gasteiger partial charge >= 0.3 is 6.18 Å². The second-order valence-corrected chi connectivity index (χ2v) is 9.04. The van der Waals surface area contributed by atoms with Crippen molar-refractivity contribution in [3.05, 3.63) is 71.5 Å². The van der Waals surface area contributed by atoms with Gasteiger partial charge in [0.25, 0.3) is 0 Å². The Morgan fingerprint density at radius 3 is 2.30 bits per heavy atom. The molecule has 4 rings (SSSR count). The van der Waals surface area contributed by atoms with E-state index in [1.54, 1.807) is 0 Å². The number of aromatic nitrogens is 2. The lowest BCUT2D eigenvalue weighted by atomic mass is 9.74. The van der Waals surface area contributed by atoms with Crippen molar-refractivity contribution in [2.45, 2.75) is 57.7 Å². The highest BCUT2D eigenvalue weighted by molar-refractivity contribution is 5.71. The van der Waals surface area contributed by atoms with E-state index in [1.165, 1.54) is 6.42 Å².